The number of hydrogen-bond donors (Lipinski definition) is 3. The van der Waals surface area contributed by atoms with Crippen molar-refractivity contribution in [3.8, 4) is 0 Å². The van der Waals surface area contributed by atoms with Crippen molar-refractivity contribution in [2.75, 3.05) is 6.61 Å². The molecule has 0 bridgehead atoms. The molecule has 3 N–H and O–H groups in total. The zero-order valence-electron chi connectivity index (χ0n) is 29.9. The van der Waals surface area contributed by atoms with Crippen LogP contribution in [0, 0.1) is 0 Å². The van der Waals surface area contributed by atoms with E-state index in [0.717, 1.165) is 44.9 Å². The molecule has 0 aromatic rings. The van der Waals surface area contributed by atoms with E-state index < -0.39 is 12.1 Å². The summed E-state index contributed by atoms with van der Waals surface area (Å²) >= 11 is 0. The Labute approximate surface area is 280 Å². The third kappa shape index (κ3) is 33.5. The first-order valence-corrected chi connectivity index (χ1v) is 19.4. The minimum Gasteiger partial charge on any atom is -0.394 e. The Bertz CT molecular complexity index is 726. The number of unbranched alkanes of at least 4 members (excludes halogenated alkanes) is 21. The molecule has 0 aliphatic rings. The molecule has 0 saturated heterocycles. The quantitative estimate of drug-likeness (QED) is 0.0490. The normalized spacial score (nSPS) is 13.6. The van der Waals surface area contributed by atoms with Gasteiger partial charge < -0.3 is 15.5 Å². The molecule has 2 unspecified atom stereocenters. The molecule has 0 aromatic heterocycles. The molecule has 0 aromatic carbocycles. The van der Waals surface area contributed by atoms with Crippen LogP contribution in [0.4, 0.5) is 0 Å². The maximum atomic E-state index is 12.3. The summed E-state index contributed by atoms with van der Waals surface area (Å²) in [6.45, 7) is 4.26. The lowest BCUT2D eigenvalue weighted by atomic mass is 10.1. The molecule has 45 heavy (non-hydrogen) atoms. The number of aliphatic hydroxyl groups is 2. The predicted octanol–water partition coefficient (Wildman–Crippen LogP) is 11.6. The van der Waals surface area contributed by atoms with Gasteiger partial charge in [-0.3, -0.25) is 4.79 Å². The first-order valence-electron chi connectivity index (χ1n) is 19.4. The average molecular weight is 630 g/mol. The Balaban J connectivity index is 3.68. The van der Waals surface area contributed by atoms with Crippen molar-refractivity contribution in [1.29, 1.82) is 0 Å². The molecule has 4 heteroatoms. The summed E-state index contributed by atoms with van der Waals surface area (Å²) < 4.78 is 0. The number of carbonyl (C=O) groups excluding carboxylic acids is 1. The molecule has 0 spiro atoms. The van der Waals surface area contributed by atoms with Crippen molar-refractivity contribution >= 4 is 5.91 Å². The number of allylic oxidation sites excluding steroid dienone is 7. The lowest BCUT2D eigenvalue weighted by Gasteiger charge is -2.19. The largest absolute Gasteiger partial charge is 0.394 e. The van der Waals surface area contributed by atoms with Crippen molar-refractivity contribution < 1.29 is 15.0 Å². The SMILES string of the molecule is CCCCCC/C=C\C/C=C\CCCCCCCCCC(=O)NC(CO)C(O)/C=C/CC/C=C/CCCCCCCCCCC. The van der Waals surface area contributed by atoms with Gasteiger partial charge in [0.1, 0.15) is 0 Å². The Morgan fingerprint density at radius 1 is 0.533 bits per heavy atom. The molecule has 0 radical (unpaired) electrons. The third-order valence-corrected chi connectivity index (χ3v) is 8.53. The molecular weight excluding hydrogens is 554 g/mol. The molecular formula is C41H75NO3. The summed E-state index contributed by atoms with van der Waals surface area (Å²) in [5, 5.41) is 22.9. The van der Waals surface area contributed by atoms with Crippen LogP contribution in [0.2, 0.25) is 0 Å². The summed E-state index contributed by atoms with van der Waals surface area (Å²) in [6, 6.07) is -0.642. The lowest BCUT2D eigenvalue weighted by molar-refractivity contribution is -0.123. The van der Waals surface area contributed by atoms with Crippen LogP contribution < -0.4 is 5.32 Å². The van der Waals surface area contributed by atoms with Crippen LogP contribution in [0.25, 0.3) is 0 Å². The van der Waals surface area contributed by atoms with Crippen LogP contribution in [0.1, 0.15) is 187 Å². The van der Waals surface area contributed by atoms with Crippen LogP contribution in [0.15, 0.2) is 48.6 Å². The molecule has 0 rings (SSSR count). The van der Waals surface area contributed by atoms with E-state index in [1.54, 1.807) is 6.08 Å². The second-order valence-electron chi connectivity index (χ2n) is 13.0. The Kier molecular flexibility index (Phi) is 35.5. The van der Waals surface area contributed by atoms with Crippen LogP contribution in [-0.2, 0) is 4.79 Å². The minimum absolute atomic E-state index is 0.0842. The second-order valence-corrected chi connectivity index (χ2v) is 13.0. The highest BCUT2D eigenvalue weighted by molar-refractivity contribution is 5.76. The zero-order valence-corrected chi connectivity index (χ0v) is 29.9. The van der Waals surface area contributed by atoms with Gasteiger partial charge in [-0.1, -0.05) is 165 Å². The van der Waals surface area contributed by atoms with Crippen LogP contribution in [0.3, 0.4) is 0 Å². The monoisotopic (exact) mass is 630 g/mol. The van der Waals surface area contributed by atoms with Gasteiger partial charge in [0.25, 0.3) is 0 Å². The van der Waals surface area contributed by atoms with Gasteiger partial charge in [-0.05, 0) is 64.2 Å². The van der Waals surface area contributed by atoms with Crippen molar-refractivity contribution in [2.24, 2.45) is 0 Å². The molecule has 262 valence electrons. The fraction of sp³-hybridized carbons (Fsp3) is 0.780. The number of aliphatic hydroxyl groups excluding tert-OH is 2. The van der Waals surface area contributed by atoms with E-state index in [1.165, 1.54) is 122 Å². The summed E-state index contributed by atoms with van der Waals surface area (Å²) in [6.07, 6.45) is 49.1. The van der Waals surface area contributed by atoms with E-state index in [0.29, 0.717) is 6.42 Å². The van der Waals surface area contributed by atoms with E-state index in [2.05, 4.69) is 55.6 Å². The van der Waals surface area contributed by atoms with Crippen molar-refractivity contribution in [1.82, 2.24) is 5.32 Å². The first-order chi connectivity index (χ1) is 22.2. The molecule has 4 nitrogen and oxygen atoms in total. The summed E-state index contributed by atoms with van der Waals surface area (Å²) in [5.74, 6) is -0.0842. The fourth-order valence-corrected chi connectivity index (χ4v) is 5.52. The smallest absolute Gasteiger partial charge is 0.220 e. The molecule has 0 heterocycles. The zero-order chi connectivity index (χ0) is 32.9. The van der Waals surface area contributed by atoms with E-state index in [9.17, 15) is 15.0 Å². The molecule has 0 aliphatic carbocycles. The number of rotatable bonds is 34. The van der Waals surface area contributed by atoms with Crippen molar-refractivity contribution in [2.45, 2.75) is 199 Å². The summed E-state index contributed by atoms with van der Waals surface area (Å²) in [4.78, 5) is 12.3. The molecule has 0 fully saturated rings. The maximum Gasteiger partial charge on any atom is 0.220 e. The molecule has 1 amide bonds. The molecule has 0 saturated carbocycles. The highest BCUT2D eigenvalue weighted by Gasteiger charge is 2.17. The average Bonchev–Trinajstić information content (AvgIpc) is 3.04. The molecule has 2 atom stereocenters. The van der Waals surface area contributed by atoms with Crippen LogP contribution in [0.5, 0.6) is 0 Å². The Morgan fingerprint density at radius 2 is 0.933 bits per heavy atom. The van der Waals surface area contributed by atoms with Crippen molar-refractivity contribution in [3.63, 3.8) is 0 Å². The maximum absolute atomic E-state index is 12.3. The highest BCUT2D eigenvalue weighted by Crippen LogP contribution is 2.12. The van der Waals surface area contributed by atoms with Gasteiger partial charge in [-0.15, -0.1) is 0 Å². The summed E-state index contributed by atoms with van der Waals surface area (Å²) in [5.41, 5.74) is 0. The third-order valence-electron chi connectivity index (χ3n) is 8.53. The number of carbonyl (C=O) groups is 1. The topological polar surface area (TPSA) is 69.6 Å². The van der Waals surface area contributed by atoms with Gasteiger partial charge in [-0.25, -0.2) is 0 Å². The Hall–Kier alpha value is -1.65. The van der Waals surface area contributed by atoms with Gasteiger partial charge in [0, 0.05) is 6.42 Å². The number of hydrogen-bond acceptors (Lipinski definition) is 3. The van der Waals surface area contributed by atoms with Gasteiger partial charge >= 0.3 is 0 Å². The van der Waals surface area contributed by atoms with E-state index >= 15 is 0 Å². The predicted molar refractivity (Wildman–Crippen MR) is 198 cm³/mol. The van der Waals surface area contributed by atoms with Gasteiger partial charge in [0.15, 0.2) is 0 Å². The number of nitrogens with one attached hydrogen (secondary N) is 1. The minimum atomic E-state index is -0.864. The van der Waals surface area contributed by atoms with E-state index in [-0.39, 0.29) is 12.5 Å². The highest BCUT2D eigenvalue weighted by atomic mass is 16.3. The standard InChI is InChI=1S/C41H75NO3/c1-3-5-7-9-11-13-15-17-19-20-21-23-25-27-29-31-33-35-37-41(45)42-39(38-43)40(44)36-34-32-30-28-26-24-22-18-16-14-12-10-8-6-4-2/h13,15,19-20,26,28,34,36,39-40,43-44H,3-12,14,16-18,21-25,27,29-33,35,37-38H2,1-2H3,(H,42,45)/b15-13-,20-19-,28-26+,36-34+. The second kappa shape index (κ2) is 36.8. The summed E-state index contributed by atoms with van der Waals surface area (Å²) in [7, 11) is 0. The fourth-order valence-electron chi connectivity index (χ4n) is 5.52. The number of amides is 1. The van der Waals surface area contributed by atoms with Crippen molar-refractivity contribution in [3.05, 3.63) is 48.6 Å². The lowest BCUT2D eigenvalue weighted by Crippen LogP contribution is -2.45. The van der Waals surface area contributed by atoms with E-state index in [1.807, 2.05) is 6.08 Å². The first kappa shape index (κ1) is 43.4. The van der Waals surface area contributed by atoms with Crippen LogP contribution in [-0.4, -0.2) is 34.9 Å². The van der Waals surface area contributed by atoms with Gasteiger partial charge in [0.05, 0.1) is 18.8 Å². The van der Waals surface area contributed by atoms with Gasteiger partial charge in [-0.2, -0.15) is 0 Å². The van der Waals surface area contributed by atoms with Gasteiger partial charge in [0.2, 0.25) is 5.91 Å². The Morgan fingerprint density at radius 3 is 1.44 bits per heavy atom. The van der Waals surface area contributed by atoms with Crippen LogP contribution >= 0.6 is 0 Å². The van der Waals surface area contributed by atoms with E-state index in [4.69, 9.17) is 0 Å². The molecule has 0 aliphatic heterocycles.